The molecule has 0 saturated carbocycles. The molecule has 2 heterocycles. The lowest BCUT2D eigenvalue weighted by Gasteiger charge is -2.38. The van der Waals surface area contributed by atoms with E-state index in [2.05, 4.69) is 40.1 Å². The zero-order valence-corrected chi connectivity index (χ0v) is 13.6. The second-order valence-corrected chi connectivity index (χ2v) is 6.60. The third-order valence-corrected chi connectivity index (χ3v) is 4.97. The van der Waals surface area contributed by atoms with E-state index in [1.54, 1.807) is 0 Å². The third-order valence-electron chi connectivity index (χ3n) is 4.97. The second-order valence-electron chi connectivity index (χ2n) is 6.60. The van der Waals surface area contributed by atoms with Crippen molar-refractivity contribution in [2.24, 2.45) is 5.92 Å². The van der Waals surface area contributed by atoms with Crippen LogP contribution in [0.3, 0.4) is 0 Å². The van der Waals surface area contributed by atoms with E-state index in [1.807, 2.05) is 0 Å². The van der Waals surface area contributed by atoms with Crippen molar-refractivity contribution in [1.29, 1.82) is 0 Å². The summed E-state index contributed by atoms with van der Waals surface area (Å²) < 4.78 is 5.46. The summed E-state index contributed by atoms with van der Waals surface area (Å²) in [6, 6.07) is 11.1. The smallest absolute Gasteiger partial charge is 0.310 e. The SMILES string of the molecule is O=C(O)C1COCCN(C2CCN(Cc3ccccc3)CC2)C1. The highest BCUT2D eigenvalue weighted by Crippen LogP contribution is 2.21. The Morgan fingerprint density at radius 3 is 2.61 bits per heavy atom. The topological polar surface area (TPSA) is 53.0 Å². The first-order valence-electron chi connectivity index (χ1n) is 8.53. The molecular formula is C18H26N2O3. The van der Waals surface area contributed by atoms with Gasteiger partial charge in [-0.15, -0.1) is 0 Å². The fourth-order valence-electron chi connectivity index (χ4n) is 3.60. The van der Waals surface area contributed by atoms with E-state index < -0.39 is 5.97 Å². The molecule has 0 radical (unpaired) electrons. The fraction of sp³-hybridized carbons (Fsp3) is 0.611. The van der Waals surface area contributed by atoms with Crippen LogP contribution in [-0.4, -0.2) is 66.3 Å². The predicted molar refractivity (Wildman–Crippen MR) is 88.3 cm³/mol. The molecule has 5 nitrogen and oxygen atoms in total. The van der Waals surface area contributed by atoms with Crippen LogP contribution in [-0.2, 0) is 16.1 Å². The van der Waals surface area contributed by atoms with E-state index in [0.717, 1.165) is 39.0 Å². The van der Waals surface area contributed by atoms with Crippen LogP contribution in [0.4, 0.5) is 0 Å². The van der Waals surface area contributed by atoms with Gasteiger partial charge in [0.05, 0.1) is 19.1 Å². The number of ether oxygens (including phenoxy) is 1. The first-order valence-corrected chi connectivity index (χ1v) is 8.53. The van der Waals surface area contributed by atoms with Gasteiger partial charge in [0.2, 0.25) is 0 Å². The minimum absolute atomic E-state index is 0.346. The van der Waals surface area contributed by atoms with Crippen molar-refractivity contribution in [3.8, 4) is 0 Å². The lowest BCUT2D eigenvalue weighted by atomic mass is 10.0. The molecule has 126 valence electrons. The summed E-state index contributed by atoms with van der Waals surface area (Å²) in [6.45, 7) is 5.64. The van der Waals surface area contributed by atoms with Crippen molar-refractivity contribution in [2.45, 2.75) is 25.4 Å². The molecule has 3 rings (SSSR count). The van der Waals surface area contributed by atoms with Crippen LogP contribution in [0.2, 0.25) is 0 Å². The number of carboxylic acids is 1. The van der Waals surface area contributed by atoms with Gasteiger partial charge in [-0.25, -0.2) is 0 Å². The Kier molecular flexibility index (Phi) is 5.65. The molecule has 0 amide bonds. The molecule has 2 fully saturated rings. The first kappa shape index (κ1) is 16.4. The van der Waals surface area contributed by atoms with Gasteiger partial charge in [-0.3, -0.25) is 14.6 Å². The maximum atomic E-state index is 11.3. The van der Waals surface area contributed by atoms with E-state index >= 15 is 0 Å². The van der Waals surface area contributed by atoms with Crippen LogP contribution in [0.25, 0.3) is 0 Å². The minimum Gasteiger partial charge on any atom is -0.481 e. The summed E-state index contributed by atoms with van der Waals surface area (Å²) in [6.07, 6.45) is 2.22. The van der Waals surface area contributed by atoms with Crippen LogP contribution in [0, 0.1) is 5.92 Å². The van der Waals surface area contributed by atoms with Crippen LogP contribution >= 0.6 is 0 Å². The fourth-order valence-corrected chi connectivity index (χ4v) is 3.60. The predicted octanol–water partition coefficient (Wildman–Crippen LogP) is 1.68. The molecule has 0 aromatic heterocycles. The second kappa shape index (κ2) is 7.90. The van der Waals surface area contributed by atoms with Crippen molar-refractivity contribution in [3.05, 3.63) is 35.9 Å². The summed E-state index contributed by atoms with van der Waals surface area (Å²) in [5.41, 5.74) is 1.36. The van der Waals surface area contributed by atoms with E-state index in [4.69, 9.17) is 4.74 Å². The Labute approximate surface area is 137 Å². The Morgan fingerprint density at radius 1 is 1.17 bits per heavy atom. The summed E-state index contributed by atoms with van der Waals surface area (Å²) in [7, 11) is 0. The molecule has 0 spiro atoms. The Morgan fingerprint density at radius 2 is 1.91 bits per heavy atom. The molecule has 5 heteroatoms. The van der Waals surface area contributed by atoms with Gasteiger partial charge >= 0.3 is 5.97 Å². The number of carboxylic acid groups (broad SMARTS) is 1. The molecule has 1 N–H and O–H groups in total. The standard InChI is InChI=1S/C18H26N2O3/c21-18(22)16-13-20(10-11-23-14-16)17-6-8-19(9-7-17)12-15-4-2-1-3-5-15/h1-5,16-17H,6-14H2,(H,21,22). The number of likely N-dealkylation sites (tertiary alicyclic amines) is 1. The minimum atomic E-state index is -0.738. The molecule has 2 aliphatic rings. The Bertz CT molecular complexity index is 500. The van der Waals surface area contributed by atoms with Crippen molar-refractivity contribution in [3.63, 3.8) is 0 Å². The number of rotatable bonds is 4. The van der Waals surface area contributed by atoms with Crippen LogP contribution < -0.4 is 0 Å². The van der Waals surface area contributed by atoms with Crippen LogP contribution in [0.1, 0.15) is 18.4 Å². The van der Waals surface area contributed by atoms with Crippen molar-refractivity contribution in [2.75, 3.05) is 39.4 Å². The lowest BCUT2D eigenvalue weighted by Crippen LogP contribution is -2.47. The van der Waals surface area contributed by atoms with Gasteiger partial charge in [0.1, 0.15) is 0 Å². The molecular weight excluding hydrogens is 292 g/mol. The molecule has 2 aliphatic heterocycles. The average Bonchev–Trinajstić information content (AvgIpc) is 2.83. The normalized spacial score (nSPS) is 25.1. The number of hydrogen-bond donors (Lipinski definition) is 1. The molecule has 23 heavy (non-hydrogen) atoms. The van der Waals surface area contributed by atoms with E-state index in [1.165, 1.54) is 5.56 Å². The molecule has 0 bridgehead atoms. The van der Waals surface area contributed by atoms with E-state index in [0.29, 0.717) is 25.8 Å². The first-order chi connectivity index (χ1) is 11.2. The summed E-state index contributed by atoms with van der Waals surface area (Å²) in [4.78, 5) is 16.1. The maximum Gasteiger partial charge on any atom is 0.310 e. The monoisotopic (exact) mass is 318 g/mol. The highest BCUT2D eigenvalue weighted by atomic mass is 16.5. The van der Waals surface area contributed by atoms with Gasteiger partial charge in [-0.05, 0) is 31.5 Å². The zero-order chi connectivity index (χ0) is 16.1. The average molecular weight is 318 g/mol. The van der Waals surface area contributed by atoms with Gasteiger partial charge in [0.25, 0.3) is 0 Å². The number of nitrogens with zero attached hydrogens (tertiary/aromatic N) is 2. The number of benzene rings is 1. The maximum absolute atomic E-state index is 11.3. The van der Waals surface area contributed by atoms with Crippen molar-refractivity contribution >= 4 is 5.97 Å². The van der Waals surface area contributed by atoms with Crippen molar-refractivity contribution < 1.29 is 14.6 Å². The van der Waals surface area contributed by atoms with Gasteiger partial charge in [-0.2, -0.15) is 0 Å². The Balaban J connectivity index is 1.50. The number of aliphatic carboxylic acids is 1. The molecule has 1 aromatic rings. The number of piperidine rings is 1. The summed E-state index contributed by atoms with van der Waals surface area (Å²) in [5, 5.41) is 9.27. The number of carbonyl (C=O) groups is 1. The molecule has 1 unspecified atom stereocenters. The van der Waals surface area contributed by atoms with Gasteiger partial charge < -0.3 is 9.84 Å². The van der Waals surface area contributed by atoms with Gasteiger partial charge in [0.15, 0.2) is 0 Å². The highest BCUT2D eigenvalue weighted by Gasteiger charge is 2.30. The van der Waals surface area contributed by atoms with Gasteiger partial charge in [-0.1, -0.05) is 30.3 Å². The molecule has 1 atom stereocenters. The Hall–Kier alpha value is -1.43. The van der Waals surface area contributed by atoms with Crippen molar-refractivity contribution in [1.82, 2.24) is 9.80 Å². The number of hydrogen-bond acceptors (Lipinski definition) is 4. The van der Waals surface area contributed by atoms with E-state index in [-0.39, 0.29) is 5.92 Å². The quantitative estimate of drug-likeness (QED) is 0.915. The van der Waals surface area contributed by atoms with Crippen LogP contribution in [0.15, 0.2) is 30.3 Å². The molecule has 2 saturated heterocycles. The summed E-state index contributed by atoms with van der Waals surface area (Å²) in [5.74, 6) is -1.13. The highest BCUT2D eigenvalue weighted by molar-refractivity contribution is 5.70. The lowest BCUT2D eigenvalue weighted by molar-refractivity contribution is -0.143. The largest absolute Gasteiger partial charge is 0.481 e. The van der Waals surface area contributed by atoms with E-state index in [9.17, 15) is 9.90 Å². The zero-order valence-electron chi connectivity index (χ0n) is 13.6. The van der Waals surface area contributed by atoms with Gasteiger partial charge in [0, 0.05) is 25.7 Å². The third kappa shape index (κ3) is 4.53. The van der Waals surface area contributed by atoms with Crippen LogP contribution in [0.5, 0.6) is 0 Å². The molecule has 0 aliphatic carbocycles. The molecule has 1 aromatic carbocycles. The summed E-state index contributed by atoms with van der Waals surface area (Å²) >= 11 is 0.